The lowest BCUT2D eigenvalue weighted by Gasteiger charge is -2.21. The molecule has 2 fully saturated rings. The van der Waals surface area contributed by atoms with Crippen molar-refractivity contribution in [2.75, 3.05) is 26.2 Å². The summed E-state index contributed by atoms with van der Waals surface area (Å²) in [5.74, 6) is 0.397. The first-order valence-electron chi connectivity index (χ1n) is 10.3. The van der Waals surface area contributed by atoms with E-state index in [2.05, 4.69) is 9.97 Å². The molecule has 2 aromatic heterocycles. The van der Waals surface area contributed by atoms with Crippen molar-refractivity contribution in [1.82, 2.24) is 23.7 Å². The second-order valence-corrected chi connectivity index (χ2v) is 9.72. The van der Waals surface area contributed by atoms with E-state index >= 15 is 0 Å². The largest absolute Gasteiger partial charge is 0.474 e. The van der Waals surface area contributed by atoms with Crippen molar-refractivity contribution in [1.29, 1.82) is 0 Å². The average Bonchev–Trinajstić information content (AvgIpc) is 3.34. The molecule has 4 rings (SSSR count). The van der Waals surface area contributed by atoms with Crippen molar-refractivity contribution in [3.05, 3.63) is 36.4 Å². The van der Waals surface area contributed by atoms with E-state index in [1.807, 2.05) is 0 Å². The maximum Gasteiger partial charge on any atom is 0.262 e. The van der Waals surface area contributed by atoms with Gasteiger partial charge < -0.3 is 14.2 Å². The Kier molecular flexibility index (Phi) is 6.05. The Hall–Kier alpha value is -2.46. The van der Waals surface area contributed by atoms with Crippen LogP contribution in [0.15, 0.2) is 35.9 Å². The molecule has 0 radical (unpaired) electrons. The van der Waals surface area contributed by atoms with Crippen LogP contribution in [0, 0.1) is 0 Å². The average molecular weight is 434 g/mol. The van der Waals surface area contributed by atoms with Gasteiger partial charge in [0.2, 0.25) is 5.88 Å². The minimum absolute atomic E-state index is 0.0341. The molecule has 0 N–H and O–H groups in total. The summed E-state index contributed by atoms with van der Waals surface area (Å²) < 4.78 is 34.5. The molecule has 3 heterocycles. The van der Waals surface area contributed by atoms with Crippen molar-refractivity contribution in [3.8, 4) is 5.88 Å². The molecule has 1 saturated heterocycles. The van der Waals surface area contributed by atoms with E-state index in [1.54, 1.807) is 34.8 Å². The predicted molar refractivity (Wildman–Crippen MR) is 110 cm³/mol. The molecule has 162 valence electrons. The van der Waals surface area contributed by atoms with E-state index in [-0.39, 0.29) is 23.6 Å². The number of hydrogen-bond acceptors (Lipinski definition) is 6. The van der Waals surface area contributed by atoms with Crippen molar-refractivity contribution in [2.24, 2.45) is 7.05 Å². The summed E-state index contributed by atoms with van der Waals surface area (Å²) in [6.45, 7) is 1.41. The Bertz CT molecular complexity index is 983. The Morgan fingerprint density at radius 1 is 1.07 bits per heavy atom. The van der Waals surface area contributed by atoms with E-state index in [1.165, 1.54) is 29.7 Å². The molecule has 1 saturated carbocycles. The fourth-order valence-corrected chi connectivity index (χ4v) is 5.36. The normalized spacial score (nSPS) is 19.0. The minimum Gasteiger partial charge on any atom is -0.474 e. The van der Waals surface area contributed by atoms with Crippen molar-refractivity contribution >= 4 is 15.9 Å². The second kappa shape index (κ2) is 8.73. The predicted octanol–water partition coefficient (Wildman–Crippen LogP) is 1.67. The van der Waals surface area contributed by atoms with Gasteiger partial charge >= 0.3 is 0 Å². The first kappa shape index (κ1) is 20.8. The van der Waals surface area contributed by atoms with Crippen LogP contribution in [-0.4, -0.2) is 70.3 Å². The summed E-state index contributed by atoms with van der Waals surface area (Å²) in [4.78, 5) is 22.8. The van der Waals surface area contributed by atoms with E-state index in [0.29, 0.717) is 37.5 Å². The van der Waals surface area contributed by atoms with Gasteiger partial charge in [0.25, 0.3) is 15.9 Å². The number of rotatable bonds is 5. The molecule has 1 amide bonds. The molecule has 0 spiro atoms. The van der Waals surface area contributed by atoms with Crippen LogP contribution in [0.3, 0.4) is 0 Å². The van der Waals surface area contributed by atoms with E-state index < -0.39 is 10.0 Å². The number of aryl methyl sites for hydroxylation is 1. The van der Waals surface area contributed by atoms with Crippen LogP contribution in [0.4, 0.5) is 0 Å². The highest BCUT2D eigenvalue weighted by molar-refractivity contribution is 7.89. The SMILES string of the molecule is Cn1cnc(S(=O)(=O)N2CCCN(C(=O)c3ccc(OC4CCCC4)nc3)CC2)c1. The highest BCUT2D eigenvalue weighted by Crippen LogP contribution is 2.23. The molecule has 0 aromatic carbocycles. The molecule has 2 aromatic rings. The molecule has 2 aliphatic rings. The maximum absolute atomic E-state index is 12.9. The van der Waals surface area contributed by atoms with Crippen LogP contribution < -0.4 is 4.74 Å². The highest BCUT2D eigenvalue weighted by atomic mass is 32.2. The summed E-state index contributed by atoms with van der Waals surface area (Å²) in [6, 6.07) is 3.47. The molecule has 0 unspecified atom stereocenters. The summed E-state index contributed by atoms with van der Waals surface area (Å²) >= 11 is 0. The minimum atomic E-state index is -3.66. The lowest BCUT2D eigenvalue weighted by Crippen LogP contribution is -2.37. The second-order valence-electron chi connectivity index (χ2n) is 7.84. The fourth-order valence-electron chi connectivity index (χ4n) is 3.93. The summed E-state index contributed by atoms with van der Waals surface area (Å²) in [5, 5.41) is 0.0341. The molecular formula is C20H27N5O4S. The molecule has 9 nitrogen and oxygen atoms in total. The highest BCUT2D eigenvalue weighted by Gasteiger charge is 2.30. The molecule has 10 heteroatoms. The molecule has 0 atom stereocenters. The lowest BCUT2D eigenvalue weighted by molar-refractivity contribution is 0.0763. The number of carbonyl (C=O) groups excluding carboxylic acids is 1. The third kappa shape index (κ3) is 4.49. The number of ether oxygens (including phenoxy) is 1. The zero-order chi connectivity index (χ0) is 21.1. The molecule has 30 heavy (non-hydrogen) atoms. The van der Waals surface area contributed by atoms with Crippen LogP contribution in [-0.2, 0) is 17.1 Å². The smallest absolute Gasteiger partial charge is 0.262 e. The number of sulfonamides is 1. The van der Waals surface area contributed by atoms with Gasteiger partial charge in [0.15, 0.2) is 5.03 Å². The van der Waals surface area contributed by atoms with Crippen LogP contribution in [0.5, 0.6) is 5.88 Å². The van der Waals surface area contributed by atoms with Crippen LogP contribution >= 0.6 is 0 Å². The molecule has 0 bridgehead atoms. The number of aromatic nitrogens is 3. The van der Waals surface area contributed by atoms with Gasteiger partial charge in [0.05, 0.1) is 11.9 Å². The van der Waals surface area contributed by atoms with Gasteiger partial charge in [0.1, 0.15) is 6.10 Å². The molecular weight excluding hydrogens is 406 g/mol. The van der Waals surface area contributed by atoms with Gasteiger partial charge in [0, 0.05) is 51.7 Å². The quantitative estimate of drug-likeness (QED) is 0.712. The Balaban J connectivity index is 1.38. The zero-order valence-corrected chi connectivity index (χ0v) is 17.9. The van der Waals surface area contributed by atoms with Gasteiger partial charge in [-0.3, -0.25) is 4.79 Å². The number of amides is 1. The topological polar surface area (TPSA) is 97.6 Å². The summed E-state index contributed by atoms with van der Waals surface area (Å²) in [5.41, 5.74) is 0.481. The Morgan fingerprint density at radius 2 is 1.87 bits per heavy atom. The molecule has 1 aliphatic carbocycles. The Morgan fingerprint density at radius 3 is 2.53 bits per heavy atom. The van der Waals surface area contributed by atoms with Gasteiger partial charge in [-0.15, -0.1) is 0 Å². The van der Waals surface area contributed by atoms with E-state index in [4.69, 9.17) is 4.74 Å². The molecule has 1 aliphatic heterocycles. The number of nitrogens with zero attached hydrogens (tertiary/aromatic N) is 5. The van der Waals surface area contributed by atoms with Gasteiger partial charge in [-0.2, -0.15) is 4.31 Å². The number of imidazole rings is 1. The number of pyridine rings is 1. The summed E-state index contributed by atoms with van der Waals surface area (Å²) in [7, 11) is -1.93. The zero-order valence-electron chi connectivity index (χ0n) is 17.1. The van der Waals surface area contributed by atoms with Gasteiger partial charge in [-0.25, -0.2) is 18.4 Å². The third-order valence-electron chi connectivity index (χ3n) is 5.60. The Labute approximate surface area is 176 Å². The fraction of sp³-hybridized carbons (Fsp3) is 0.550. The van der Waals surface area contributed by atoms with Gasteiger partial charge in [-0.1, -0.05) is 0 Å². The number of carbonyl (C=O) groups is 1. The summed E-state index contributed by atoms with van der Waals surface area (Å²) in [6.07, 6.45) is 9.75. The van der Waals surface area contributed by atoms with Gasteiger partial charge in [-0.05, 0) is 38.2 Å². The maximum atomic E-state index is 12.9. The standard InChI is InChI=1S/C20H27N5O4S/c1-23-14-19(22-15-23)30(27,28)25-10-4-9-24(11-12-25)20(26)16-7-8-18(21-13-16)29-17-5-2-3-6-17/h7-8,13-15,17H,2-6,9-12H2,1H3. The lowest BCUT2D eigenvalue weighted by atomic mass is 10.2. The van der Waals surface area contributed by atoms with Crippen molar-refractivity contribution < 1.29 is 17.9 Å². The van der Waals surface area contributed by atoms with Crippen LogP contribution in [0.2, 0.25) is 0 Å². The van der Waals surface area contributed by atoms with Crippen molar-refractivity contribution in [2.45, 2.75) is 43.2 Å². The van der Waals surface area contributed by atoms with E-state index in [0.717, 1.165) is 12.8 Å². The van der Waals surface area contributed by atoms with Crippen molar-refractivity contribution in [3.63, 3.8) is 0 Å². The number of hydrogen-bond donors (Lipinski definition) is 0. The first-order chi connectivity index (χ1) is 14.4. The first-order valence-corrected chi connectivity index (χ1v) is 11.8. The van der Waals surface area contributed by atoms with E-state index in [9.17, 15) is 13.2 Å². The monoisotopic (exact) mass is 433 g/mol. The third-order valence-corrected chi connectivity index (χ3v) is 7.38. The van der Waals surface area contributed by atoms with Crippen LogP contribution in [0.1, 0.15) is 42.5 Å². The van der Waals surface area contributed by atoms with Crippen LogP contribution in [0.25, 0.3) is 0 Å².